The molecule has 0 aliphatic rings. The van der Waals surface area contributed by atoms with Crippen LogP contribution in [0, 0.1) is 24.7 Å². The summed E-state index contributed by atoms with van der Waals surface area (Å²) in [5, 5.41) is 6.00. The minimum Gasteiger partial charge on any atom is -0.428 e. The second-order valence-electron chi connectivity index (χ2n) is 16.1. The molecular formula is C47H62N3O9P. The molecule has 0 aliphatic heterocycles. The molecule has 0 aromatic heterocycles. The lowest BCUT2D eigenvalue weighted by atomic mass is 9.92. The molecule has 0 radical (unpaired) electrons. The number of carbonyl (C=O) groups excluding carboxylic acids is 3. The first-order valence-electron chi connectivity index (χ1n) is 20.7. The number of phosphoric acid groups is 1. The summed E-state index contributed by atoms with van der Waals surface area (Å²) >= 11 is 0. The second kappa shape index (κ2) is 23.7. The van der Waals surface area contributed by atoms with Crippen LogP contribution < -0.4 is 15.5 Å². The molecule has 2 unspecified atom stereocenters. The topological polar surface area (TPSA) is 142 Å². The van der Waals surface area contributed by atoms with Gasteiger partial charge in [-0.25, -0.2) is 14.2 Å². The monoisotopic (exact) mass is 843 g/mol. The maximum Gasteiger partial charge on any atom is 0.476 e. The summed E-state index contributed by atoms with van der Waals surface area (Å²) in [4.78, 5) is 42.2. The van der Waals surface area contributed by atoms with E-state index in [4.69, 9.17) is 23.0 Å². The average Bonchev–Trinajstić information content (AvgIpc) is 3.21. The molecule has 2 atom stereocenters. The Labute approximate surface area is 355 Å². The van der Waals surface area contributed by atoms with Gasteiger partial charge in [-0.2, -0.15) is 0 Å². The second-order valence-corrected chi connectivity index (χ2v) is 17.7. The number of aryl methyl sites for hydroxylation is 1. The van der Waals surface area contributed by atoms with Gasteiger partial charge in [0.25, 0.3) is 0 Å². The molecule has 324 valence electrons. The van der Waals surface area contributed by atoms with E-state index in [9.17, 15) is 18.9 Å². The predicted molar refractivity (Wildman–Crippen MR) is 237 cm³/mol. The van der Waals surface area contributed by atoms with E-state index in [0.717, 1.165) is 41.0 Å². The van der Waals surface area contributed by atoms with Crippen LogP contribution in [0.25, 0.3) is 0 Å². The van der Waals surface area contributed by atoms with Crippen molar-refractivity contribution in [2.45, 2.75) is 93.5 Å². The number of rotatable bonds is 23. The highest BCUT2D eigenvalue weighted by Gasteiger charge is 2.37. The highest BCUT2D eigenvalue weighted by atomic mass is 31.2. The molecule has 4 aromatic carbocycles. The number of carbonyl (C=O) groups is 3. The van der Waals surface area contributed by atoms with Gasteiger partial charge in [0.2, 0.25) is 6.79 Å². The number of nitrogens with one attached hydrogen (secondary N) is 2. The fourth-order valence-corrected chi connectivity index (χ4v) is 7.80. The van der Waals surface area contributed by atoms with Crippen LogP contribution >= 0.6 is 7.82 Å². The average molecular weight is 844 g/mol. The van der Waals surface area contributed by atoms with E-state index in [-0.39, 0.29) is 31.6 Å². The number of hydrogen-bond donors (Lipinski definition) is 2. The lowest BCUT2D eigenvalue weighted by Gasteiger charge is -2.31. The maximum absolute atomic E-state index is 14.0. The Kier molecular flexibility index (Phi) is 18.8. The summed E-state index contributed by atoms with van der Waals surface area (Å²) < 4.78 is 42.0. The van der Waals surface area contributed by atoms with E-state index in [2.05, 4.69) is 43.2 Å². The molecule has 0 heterocycles. The first kappa shape index (κ1) is 47.7. The first-order valence-corrected chi connectivity index (χ1v) is 22.1. The standard InChI is InChI=1S/C47H62N3O9P/c1-9-39(40-22-25-43(50(28-33(2)3)29-34(4)5)42(26-40)49-47(53)48-41-23-20-36(8)21-24-41)27-44(51)55-32-56-46(52)45(35(6)7)59-60(54,57-30-37-16-12-10-13-17-37)58-31-38-18-14-11-15-19-38/h10-26,33-35,39,45H,9,27-32H2,1-8H3,(H2,48,49,53). The molecule has 0 spiro atoms. The zero-order valence-electron chi connectivity index (χ0n) is 36.2. The molecule has 4 aromatic rings. The van der Waals surface area contributed by atoms with Gasteiger partial charge in [0, 0.05) is 18.8 Å². The number of esters is 2. The maximum atomic E-state index is 14.0. The third-order valence-corrected chi connectivity index (χ3v) is 10.8. The van der Waals surface area contributed by atoms with Gasteiger partial charge < -0.3 is 25.0 Å². The Hall–Kier alpha value is -5.00. The highest BCUT2D eigenvalue weighted by molar-refractivity contribution is 7.48. The van der Waals surface area contributed by atoms with Gasteiger partial charge in [-0.05, 0) is 78.0 Å². The molecule has 0 bridgehead atoms. The van der Waals surface area contributed by atoms with E-state index in [0.29, 0.717) is 29.6 Å². The van der Waals surface area contributed by atoms with Crippen LogP contribution in [0.4, 0.5) is 21.9 Å². The van der Waals surface area contributed by atoms with Gasteiger partial charge in [-0.15, -0.1) is 0 Å². The predicted octanol–water partition coefficient (Wildman–Crippen LogP) is 11.3. The molecule has 4 rings (SSSR count). The van der Waals surface area contributed by atoms with Crippen LogP contribution in [0.1, 0.15) is 89.5 Å². The van der Waals surface area contributed by atoms with Crippen molar-refractivity contribution >= 4 is 42.9 Å². The van der Waals surface area contributed by atoms with Gasteiger partial charge in [0.05, 0.1) is 31.0 Å². The van der Waals surface area contributed by atoms with Gasteiger partial charge in [-0.1, -0.05) is 133 Å². The summed E-state index contributed by atoms with van der Waals surface area (Å²) in [5.41, 5.74) is 5.56. The fraction of sp³-hybridized carbons (Fsp3) is 0.426. The third-order valence-electron chi connectivity index (χ3n) is 9.43. The molecule has 0 fully saturated rings. The number of nitrogens with zero attached hydrogens (tertiary/aromatic N) is 1. The smallest absolute Gasteiger partial charge is 0.428 e. The summed E-state index contributed by atoms with van der Waals surface area (Å²) in [6.07, 6.45) is -0.775. The van der Waals surface area contributed by atoms with Crippen molar-refractivity contribution in [1.82, 2.24) is 0 Å². The van der Waals surface area contributed by atoms with Crippen molar-refractivity contribution in [2.75, 3.05) is 35.4 Å². The van der Waals surface area contributed by atoms with Crippen LogP contribution in [-0.4, -0.2) is 44.0 Å². The molecule has 0 saturated carbocycles. The van der Waals surface area contributed by atoms with Crippen molar-refractivity contribution in [2.24, 2.45) is 17.8 Å². The minimum atomic E-state index is -4.32. The zero-order valence-corrected chi connectivity index (χ0v) is 37.1. The summed E-state index contributed by atoms with van der Waals surface area (Å²) in [7, 11) is -4.32. The van der Waals surface area contributed by atoms with Crippen LogP contribution in [0.2, 0.25) is 0 Å². The SMILES string of the molecule is CCC(CC(=O)OCOC(=O)C(OP(=O)(OCc1ccccc1)OCc1ccccc1)C(C)C)c1ccc(N(CC(C)C)CC(C)C)c(NC(=O)Nc2ccc(C)cc2)c1. The Morgan fingerprint density at radius 3 is 1.80 bits per heavy atom. The van der Waals surface area contributed by atoms with E-state index in [1.54, 1.807) is 38.1 Å². The van der Waals surface area contributed by atoms with Crippen molar-refractivity contribution in [3.8, 4) is 0 Å². The Bertz CT molecular complexity index is 1940. The van der Waals surface area contributed by atoms with Gasteiger partial charge in [0.15, 0.2) is 6.10 Å². The van der Waals surface area contributed by atoms with Crippen LogP contribution in [-0.2, 0) is 50.4 Å². The van der Waals surface area contributed by atoms with E-state index in [1.165, 1.54) is 0 Å². The molecular weight excluding hydrogens is 782 g/mol. The van der Waals surface area contributed by atoms with Gasteiger partial charge >= 0.3 is 25.8 Å². The van der Waals surface area contributed by atoms with Crippen molar-refractivity contribution in [3.63, 3.8) is 0 Å². The number of benzene rings is 4. The lowest BCUT2D eigenvalue weighted by Crippen LogP contribution is -2.32. The van der Waals surface area contributed by atoms with Crippen LogP contribution in [0.15, 0.2) is 103 Å². The minimum absolute atomic E-state index is 0.00986. The van der Waals surface area contributed by atoms with E-state index >= 15 is 0 Å². The van der Waals surface area contributed by atoms with Gasteiger partial charge in [0.1, 0.15) is 0 Å². The number of ether oxygens (including phenoxy) is 2. The van der Waals surface area contributed by atoms with Gasteiger partial charge in [-0.3, -0.25) is 18.4 Å². The number of amides is 2. The molecule has 12 nitrogen and oxygen atoms in total. The summed E-state index contributed by atoms with van der Waals surface area (Å²) in [5.74, 6) is -1.51. The van der Waals surface area contributed by atoms with Crippen LogP contribution in [0.3, 0.4) is 0 Å². The molecule has 0 aliphatic carbocycles. The molecule has 13 heteroatoms. The number of anilines is 3. The van der Waals surface area contributed by atoms with Crippen molar-refractivity contribution < 1.29 is 42.0 Å². The van der Waals surface area contributed by atoms with Crippen molar-refractivity contribution in [3.05, 3.63) is 125 Å². The third kappa shape index (κ3) is 15.9. The Morgan fingerprint density at radius 1 is 0.717 bits per heavy atom. The Morgan fingerprint density at radius 2 is 1.28 bits per heavy atom. The number of urea groups is 1. The quantitative estimate of drug-likeness (QED) is 0.0421. The number of hydrogen-bond acceptors (Lipinski definition) is 10. The van der Waals surface area contributed by atoms with E-state index in [1.807, 2.05) is 92.7 Å². The molecule has 0 saturated heterocycles. The Balaban J connectivity index is 1.43. The lowest BCUT2D eigenvalue weighted by molar-refractivity contribution is -0.174. The largest absolute Gasteiger partial charge is 0.476 e. The fourth-order valence-electron chi connectivity index (χ4n) is 6.38. The molecule has 2 N–H and O–H groups in total. The highest BCUT2D eigenvalue weighted by Crippen LogP contribution is 2.53. The number of phosphoric ester groups is 1. The first-order chi connectivity index (χ1) is 28.6. The zero-order chi connectivity index (χ0) is 43.7. The van der Waals surface area contributed by atoms with E-state index < -0.39 is 38.6 Å². The molecule has 60 heavy (non-hydrogen) atoms. The van der Waals surface area contributed by atoms with Crippen molar-refractivity contribution in [1.29, 1.82) is 0 Å². The summed E-state index contributed by atoms with van der Waals surface area (Å²) in [6.45, 7) is 16.7. The summed E-state index contributed by atoms with van der Waals surface area (Å²) in [6, 6.07) is 31.3. The normalized spacial score (nSPS) is 12.6. The van der Waals surface area contributed by atoms with Crippen LogP contribution in [0.5, 0.6) is 0 Å². The molecule has 2 amide bonds.